The molecule has 0 bridgehead atoms. The summed E-state index contributed by atoms with van der Waals surface area (Å²) < 4.78 is 5.21. The number of Topliss-reactive ketones (excluding diaryl/α,β-unsaturated/α-hetero) is 1. The van der Waals surface area contributed by atoms with Gasteiger partial charge in [0.15, 0.2) is 11.4 Å². The number of hydrogen-bond donors (Lipinski definition) is 1. The molecule has 0 spiro atoms. The van der Waals surface area contributed by atoms with Gasteiger partial charge in [0, 0.05) is 5.39 Å². The van der Waals surface area contributed by atoms with E-state index in [-0.39, 0.29) is 22.7 Å². The van der Waals surface area contributed by atoms with Gasteiger partial charge in [-0.25, -0.2) is 4.79 Å². The third-order valence-electron chi connectivity index (χ3n) is 3.12. The van der Waals surface area contributed by atoms with Gasteiger partial charge >= 0.3 is 5.63 Å². The molecule has 0 fully saturated rings. The first-order chi connectivity index (χ1) is 9.09. The fourth-order valence-corrected chi connectivity index (χ4v) is 2.27. The molecule has 0 atom stereocenters. The van der Waals surface area contributed by atoms with E-state index < -0.39 is 5.63 Å². The van der Waals surface area contributed by atoms with Gasteiger partial charge in [0.2, 0.25) is 0 Å². The minimum Gasteiger partial charge on any atom is -0.507 e. The largest absolute Gasteiger partial charge is 0.507 e. The molecular weight excluding hydrogens is 244 g/mol. The Balaban J connectivity index is 2.64. The van der Waals surface area contributed by atoms with Crippen molar-refractivity contribution in [2.24, 2.45) is 0 Å². The highest BCUT2D eigenvalue weighted by Crippen LogP contribution is 2.30. The maximum absolute atomic E-state index is 11.9. The summed E-state index contributed by atoms with van der Waals surface area (Å²) >= 11 is 0. The summed E-state index contributed by atoms with van der Waals surface area (Å²) in [5.41, 5.74) is -0.340. The Kier molecular flexibility index (Phi) is 2.38. The van der Waals surface area contributed by atoms with Crippen molar-refractivity contribution in [1.82, 2.24) is 0 Å². The van der Waals surface area contributed by atoms with Gasteiger partial charge in [0.25, 0.3) is 0 Å². The van der Waals surface area contributed by atoms with Crippen LogP contribution in [0.15, 0.2) is 45.6 Å². The molecule has 0 aliphatic carbocycles. The van der Waals surface area contributed by atoms with Crippen molar-refractivity contribution in [1.29, 1.82) is 0 Å². The van der Waals surface area contributed by atoms with Crippen LogP contribution in [0.2, 0.25) is 0 Å². The number of ketones is 1. The number of rotatable bonds is 1. The molecule has 2 aromatic carbocycles. The third-order valence-corrected chi connectivity index (χ3v) is 3.12. The number of phenols is 1. The lowest BCUT2D eigenvalue weighted by Crippen LogP contribution is -2.03. The molecule has 1 aromatic heterocycles. The summed E-state index contributed by atoms with van der Waals surface area (Å²) in [5, 5.41) is 11.6. The Bertz CT molecular complexity index is 874. The van der Waals surface area contributed by atoms with Crippen LogP contribution in [0.5, 0.6) is 5.75 Å². The highest BCUT2D eigenvalue weighted by molar-refractivity contribution is 6.13. The normalized spacial score (nSPS) is 11.0. The van der Waals surface area contributed by atoms with E-state index in [4.69, 9.17) is 4.42 Å². The molecule has 4 heteroatoms. The summed E-state index contributed by atoms with van der Waals surface area (Å²) in [6, 6.07) is 10.1. The lowest BCUT2D eigenvalue weighted by molar-refractivity contribution is 0.101. The van der Waals surface area contributed by atoms with Crippen LogP contribution in [0.25, 0.3) is 21.7 Å². The molecule has 0 unspecified atom stereocenters. The molecule has 0 amide bonds. The first-order valence-corrected chi connectivity index (χ1v) is 5.78. The van der Waals surface area contributed by atoms with Crippen molar-refractivity contribution in [3.05, 3.63) is 52.4 Å². The highest BCUT2D eigenvalue weighted by Gasteiger charge is 2.16. The van der Waals surface area contributed by atoms with Crippen LogP contribution in [0.4, 0.5) is 0 Å². The van der Waals surface area contributed by atoms with E-state index in [1.165, 1.54) is 13.0 Å². The predicted octanol–water partition coefficient (Wildman–Crippen LogP) is 2.85. The van der Waals surface area contributed by atoms with Crippen LogP contribution in [0.3, 0.4) is 0 Å². The standard InChI is InChI=1S/C15H10O4/c1-8(16)13-12(17)7-6-10-9-4-2-3-5-11(9)15(18)19-14(10)13/h2-7,17H,1H3. The molecule has 0 aliphatic rings. The fraction of sp³-hybridized carbons (Fsp3) is 0.0667. The minimum absolute atomic E-state index is 0.0420. The number of carbonyl (C=O) groups is 1. The van der Waals surface area contributed by atoms with Gasteiger partial charge in [-0.3, -0.25) is 4.79 Å². The smallest absolute Gasteiger partial charge is 0.344 e. The van der Waals surface area contributed by atoms with Crippen LogP contribution < -0.4 is 5.63 Å². The second kappa shape index (κ2) is 3.95. The Morgan fingerprint density at radius 1 is 1.05 bits per heavy atom. The van der Waals surface area contributed by atoms with Gasteiger partial charge in [0.1, 0.15) is 11.3 Å². The molecule has 0 saturated heterocycles. The molecule has 1 N–H and O–H groups in total. The number of aromatic hydroxyl groups is 1. The zero-order valence-electron chi connectivity index (χ0n) is 10.1. The van der Waals surface area contributed by atoms with E-state index in [9.17, 15) is 14.7 Å². The summed E-state index contributed by atoms with van der Waals surface area (Å²) in [7, 11) is 0. The molecule has 0 saturated carbocycles. The van der Waals surface area contributed by atoms with Gasteiger partial charge in [-0.05, 0) is 30.5 Å². The van der Waals surface area contributed by atoms with Crippen LogP contribution in [0, 0.1) is 0 Å². The molecule has 94 valence electrons. The number of hydrogen-bond acceptors (Lipinski definition) is 4. The predicted molar refractivity (Wildman–Crippen MR) is 71.7 cm³/mol. The summed E-state index contributed by atoms with van der Waals surface area (Å²) in [6.45, 7) is 1.32. The molecular formula is C15H10O4. The third kappa shape index (κ3) is 1.61. The number of fused-ring (bicyclic) bond motifs is 3. The average molecular weight is 254 g/mol. The van der Waals surface area contributed by atoms with E-state index in [2.05, 4.69) is 0 Å². The zero-order valence-corrected chi connectivity index (χ0v) is 10.1. The second-order valence-electron chi connectivity index (χ2n) is 4.33. The van der Waals surface area contributed by atoms with Crippen LogP contribution >= 0.6 is 0 Å². The lowest BCUT2D eigenvalue weighted by Gasteiger charge is -2.07. The number of carbonyl (C=O) groups excluding carboxylic acids is 1. The van der Waals surface area contributed by atoms with Gasteiger partial charge in [-0.2, -0.15) is 0 Å². The lowest BCUT2D eigenvalue weighted by atomic mass is 10.0. The molecule has 4 nitrogen and oxygen atoms in total. The Morgan fingerprint density at radius 2 is 1.74 bits per heavy atom. The molecule has 3 rings (SSSR count). The van der Waals surface area contributed by atoms with Crippen LogP contribution in [0.1, 0.15) is 17.3 Å². The maximum atomic E-state index is 11.9. The van der Waals surface area contributed by atoms with E-state index in [1.54, 1.807) is 24.3 Å². The van der Waals surface area contributed by atoms with E-state index in [1.807, 2.05) is 6.07 Å². The number of benzene rings is 2. The quantitative estimate of drug-likeness (QED) is 0.412. The maximum Gasteiger partial charge on any atom is 0.344 e. The number of phenolic OH excluding ortho intramolecular Hbond substituents is 1. The van der Waals surface area contributed by atoms with E-state index in [0.29, 0.717) is 16.2 Å². The van der Waals surface area contributed by atoms with Gasteiger partial charge < -0.3 is 9.52 Å². The Hall–Kier alpha value is -2.62. The van der Waals surface area contributed by atoms with Gasteiger partial charge in [-0.15, -0.1) is 0 Å². The van der Waals surface area contributed by atoms with E-state index >= 15 is 0 Å². The van der Waals surface area contributed by atoms with Crippen molar-refractivity contribution in [2.75, 3.05) is 0 Å². The van der Waals surface area contributed by atoms with Crippen molar-refractivity contribution < 1.29 is 14.3 Å². The molecule has 0 radical (unpaired) electrons. The Morgan fingerprint density at radius 3 is 2.42 bits per heavy atom. The molecule has 1 heterocycles. The second-order valence-corrected chi connectivity index (χ2v) is 4.33. The molecule has 0 aliphatic heterocycles. The first kappa shape index (κ1) is 11.5. The summed E-state index contributed by atoms with van der Waals surface area (Å²) in [4.78, 5) is 23.5. The van der Waals surface area contributed by atoms with Crippen LogP contribution in [-0.4, -0.2) is 10.9 Å². The average Bonchev–Trinajstić information content (AvgIpc) is 2.38. The van der Waals surface area contributed by atoms with Crippen molar-refractivity contribution >= 4 is 27.5 Å². The van der Waals surface area contributed by atoms with Crippen molar-refractivity contribution in [3.8, 4) is 5.75 Å². The minimum atomic E-state index is -0.517. The van der Waals surface area contributed by atoms with Crippen LogP contribution in [-0.2, 0) is 0 Å². The SMILES string of the molecule is CC(=O)c1c(O)ccc2c1oc(=O)c1ccccc12. The van der Waals surface area contributed by atoms with E-state index in [0.717, 1.165) is 0 Å². The molecule has 19 heavy (non-hydrogen) atoms. The van der Waals surface area contributed by atoms with Gasteiger partial charge in [0.05, 0.1) is 5.39 Å². The summed E-state index contributed by atoms with van der Waals surface area (Å²) in [5.74, 6) is -0.528. The van der Waals surface area contributed by atoms with Crippen molar-refractivity contribution in [2.45, 2.75) is 6.92 Å². The fourth-order valence-electron chi connectivity index (χ4n) is 2.27. The topological polar surface area (TPSA) is 67.5 Å². The Labute approximate surface area is 107 Å². The molecule has 3 aromatic rings. The monoisotopic (exact) mass is 254 g/mol. The zero-order chi connectivity index (χ0) is 13.6. The van der Waals surface area contributed by atoms with Gasteiger partial charge in [-0.1, -0.05) is 18.2 Å². The highest BCUT2D eigenvalue weighted by atomic mass is 16.4. The summed E-state index contributed by atoms with van der Waals surface area (Å²) in [6.07, 6.45) is 0. The van der Waals surface area contributed by atoms with Crippen molar-refractivity contribution in [3.63, 3.8) is 0 Å². The first-order valence-electron chi connectivity index (χ1n) is 5.78.